The third-order valence-corrected chi connectivity index (χ3v) is 4.26. The highest BCUT2D eigenvalue weighted by Crippen LogP contribution is 2.27. The van der Waals surface area contributed by atoms with E-state index in [1.807, 2.05) is 103 Å². The summed E-state index contributed by atoms with van der Waals surface area (Å²) in [6, 6.07) is 29.7. The van der Waals surface area contributed by atoms with Crippen LogP contribution in [0.5, 0.6) is 0 Å². The van der Waals surface area contributed by atoms with E-state index < -0.39 is 0 Å². The van der Waals surface area contributed by atoms with E-state index in [0.29, 0.717) is 11.7 Å². The molecule has 27 heavy (non-hydrogen) atoms. The van der Waals surface area contributed by atoms with Gasteiger partial charge in [-0.2, -0.15) is 0 Å². The van der Waals surface area contributed by atoms with Gasteiger partial charge in [0, 0.05) is 18.3 Å². The molecule has 0 aliphatic carbocycles. The molecule has 0 spiro atoms. The minimum Gasteiger partial charge on any atom is -0.363 e. The Bertz CT molecular complexity index is 940. The third kappa shape index (κ3) is 3.82. The van der Waals surface area contributed by atoms with Crippen LogP contribution in [0.25, 0.3) is 0 Å². The Kier molecular flexibility index (Phi) is 4.83. The van der Waals surface area contributed by atoms with E-state index in [1.54, 1.807) is 0 Å². The van der Waals surface area contributed by atoms with E-state index in [0.717, 1.165) is 16.9 Å². The molecule has 0 saturated heterocycles. The molecule has 0 amide bonds. The van der Waals surface area contributed by atoms with Gasteiger partial charge >= 0.3 is 0 Å². The number of anilines is 1. The third-order valence-electron chi connectivity index (χ3n) is 4.26. The smallest absolute Gasteiger partial charge is 0.227 e. The molecule has 3 aromatic carbocycles. The Balaban J connectivity index is 1.65. The van der Waals surface area contributed by atoms with Crippen LogP contribution < -0.4 is 5.32 Å². The number of oxime groups is 1. The van der Waals surface area contributed by atoms with Crippen molar-refractivity contribution in [2.45, 2.75) is 6.23 Å². The summed E-state index contributed by atoms with van der Waals surface area (Å²) in [4.78, 5) is 12.5. The second-order valence-corrected chi connectivity index (χ2v) is 6.18. The monoisotopic (exact) mass is 356 g/mol. The van der Waals surface area contributed by atoms with Crippen molar-refractivity contribution in [2.24, 2.45) is 10.1 Å². The summed E-state index contributed by atoms with van der Waals surface area (Å²) < 4.78 is 0. The number of para-hydroxylation sites is 2. The van der Waals surface area contributed by atoms with E-state index in [2.05, 4.69) is 10.5 Å². The van der Waals surface area contributed by atoms with Crippen LogP contribution >= 0.6 is 0 Å². The van der Waals surface area contributed by atoms with Gasteiger partial charge in [0.05, 0.1) is 5.69 Å². The first-order valence-electron chi connectivity index (χ1n) is 8.79. The van der Waals surface area contributed by atoms with E-state index in [9.17, 15) is 0 Å². The van der Waals surface area contributed by atoms with Crippen LogP contribution in [0.2, 0.25) is 0 Å². The maximum Gasteiger partial charge on any atom is 0.227 e. The predicted molar refractivity (Wildman–Crippen MR) is 109 cm³/mol. The molecule has 0 bridgehead atoms. The first kappa shape index (κ1) is 16.8. The molecule has 5 nitrogen and oxygen atoms in total. The highest BCUT2D eigenvalue weighted by molar-refractivity contribution is 6.45. The quantitative estimate of drug-likeness (QED) is 0.539. The topological polar surface area (TPSA) is 49.2 Å². The van der Waals surface area contributed by atoms with Crippen molar-refractivity contribution in [1.29, 1.82) is 0 Å². The summed E-state index contributed by atoms with van der Waals surface area (Å²) in [5, 5.41) is 7.69. The van der Waals surface area contributed by atoms with Crippen LogP contribution in [-0.4, -0.2) is 23.6 Å². The van der Waals surface area contributed by atoms with E-state index in [-0.39, 0.29) is 6.23 Å². The Hall–Kier alpha value is -3.60. The van der Waals surface area contributed by atoms with Crippen molar-refractivity contribution >= 4 is 23.0 Å². The number of likely N-dealkylation sites (N-methyl/N-ethyl adjacent to an activating group) is 1. The number of hydrogen-bond donors (Lipinski definition) is 1. The second-order valence-electron chi connectivity index (χ2n) is 6.18. The van der Waals surface area contributed by atoms with Crippen molar-refractivity contribution in [3.05, 3.63) is 96.6 Å². The summed E-state index contributed by atoms with van der Waals surface area (Å²) in [5.41, 5.74) is 2.82. The molecular weight excluding hydrogens is 336 g/mol. The molecule has 1 atom stereocenters. The van der Waals surface area contributed by atoms with Gasteiger partial charge in [0.25, 0.3) is 0 Å². The predicted octanol–water partition coefficient (Wildman–Crippen LogP) is 4.80. The van der Waals surface area contributed by atoms with Crippen molar-refractivity contribution in [3.63, 3.8) is 0 Å². The lowest BCUT2D eigenvalue weighted by Crippen LogP contribution is -2.35. The Morgan fingerprint density at radius 1 is 0.889 bits per heavy atom. The first-order valence-corrected chi connectivity index (χ1v) is 8.79. The van der Waals surface area contributed by atoms with E-state index >= 15 is 0 Å². The Morgan fingerprint density at radius 2 is 1.48 bits per heavy atom. The fourth-order valence-corrected chi connectivity index (χ4v) is 2.88. The van der Waals surface area contributed by atoms with Gasteiger partial charge < -0.3 is 15.1 Å². The molecule has 0 saturated carbocycles. The molecule has 134 valence electrons. The van der Waals surface area contributed by atoms with Crippen LogP contribution in [0.3, 0.4) is 0 Å². The van der Waals surface area contributed by atoms with Gasteiger partial charge in [-0.05, 0) is 24.3 Å². The molecule has 1 unspecified atom stereocenters. The van der Waals surface area contributed by atoms with E-state index in [1.165, 1.54) is 0 Å². The highest BCUT2D eigenvalue weighted by Gasteiger charge is 2.31. The summed E-state index contributed by atoms with van der Waals surface area (Å²) in [6.07, 6.45) is -0.278. The molecule has 1 heterocycles. The number of amidine groups is 2. The van der Waals surface area contributed by atoms with Crippen LogP contribution in [0.1, 0.15) is 11.8 Å². The van der Waals surface area contributed by atoms with Crippen LogP contribution in [0, 0.1) is 0 Å². The molecule has 1 N–H and O–H groups in total. The number of nitrogens with zero attached hydrogens (tertiary/aromatic N) is 3. The van der Waals surface area contributed by atoms with Gasteiger partial charge in [0.2, 0.25) is 12.1 Å². The zero-order valence-corrected chi connectivity index (χ0v) is 15.0. The summed E-state index contributed by atoms with van der Waals surface area (Å²) in [5.74, 6) is 1.28. The largest absolute Gasteiger partial charge is 0.363 e. The summed E-state index contributed by atoms with van der Waals surface area (Å²) in [6.45, 7) is 0. The minimum atomic E-state index is -0.278. The molecular formula is C22H20N4O. The van der Waals surface area contributed by atoms with Gasteiger partial charge in [-0.1, -0.05) is 71.9 Å². The number of hydrogen-bond acceptors (Lipinski definition) is 4. The molecule has 0 radical (unpaired) electrons. The van der Waals surface area contributed by atoms with Crippen LogP contribution in [0.4, 0.5) is 11.4 Å². The lowest BCUT2D eigenvalue weighted by molar-refractivity contribution is 0.0191. The summed E-state index contributed by atoms with van der Waals surface area (Å²) >= 11 is 0. The van der Waals surface area contributed by atoms with Crippen molar-refractivity contribution in [2.75, 3.05) is 12.4 Å². The van der Waals surface area contributed by atoms with Gasteiger partial charge in [-0.25, -0.2) is 4.99 Å². The number of nitrogens with one attached hydrogen (secondary N) is 1. The number of rotatable bonds is 4. The molecule has 3 aromatic rings. The van der Waals surface area contributed by atoms with Gasteiger partial charge in [0.1, 0.15) is 0 Å². The average molecular weight is 356 g/mol. The Morgan fingerprint density at radius 3 is 2.15 bits per heavy atom. The first-order chi connectivity index (χ1) is 13.3. The molecule has 0 aromatic heterocycles. The second kappa shape index (κ2) is 7.74. The maximum absolute atomic E-state index is 5.71. The van der Waals surface area contributed by atoms with Crippen molar-refractivity contribution in [3.8, 4) is 0 Å². The molecule has 1 aliphatic heterocycles. The maximum atomic E-state index is 5.71. The zero-order valence-electron chi connectivity index (χ0n) is 15.0. The fraction of sp³-hybridized carbons (Fsp3) is 0.0909. The van der Waals surface area contributed by atoms with Crippen molar-refractivity contribution in [1.82, 2.24) is 4.90 Å². The normalized spacial score (nSPS) is 16.6. The van der Waals surface area contributed by atoms with Gasteiger partial charge in [-0.3, -0.25) is 0 Å². The van der Waals surface area contributed by atoms with Crippen LogP contribution in [-0.2, 0) is 4.84 Å². The Labute approximate surface area is 158 Å². The highest BCUT2D eigenvalue weighted by atomic mass is 16.7. The van der Waals surface area contributed by atoms with Crippen molar-refractivity contribution < 1.29 is 4.84 Å². The van der Waals surface area contributed by atoms with E-state index in [4.69, 9.17) is 9.83 Å². The zero-order chi connectivity index (χ0) is 18.5. The standard InChI is InChI=1S/C22H20N4O/c1-26-21(25-27-22(26)17-11-5-2-6-12-17)20(23-18-13-7-3-8-14-18)24-19-15-9-4-10-16-19/h2-16,22H,1H3,(H,23,24). The summed E-state index contributed by atoms with van der Waals surface area (Å²) in [7, 11) is 1.96. The number of benzene rings is 3. The molecule has 1 aliphatic rings. The fourth-order valence-electron chi connectivity index (χ4n) is 2.88. The SMILES string of the molecule is CN1C(C(=Nc2ccccc2)Nc2ccccc2)=NOC1c1ccccc1. The minimum absolute atomic E-state index is 0.278. The number of aliphatic imine (C=N–C) groups is 1. The lowest BCUT2D eigenvalue weighted by atomic mass is 10.2. The van der Waals surface area contributed by atoms with Gasteiger partial charge in [-0.15, -0.1) is 0 Å². The average Bonchev–Trinajstić information content (AvgIpc) is 3.11. The van der Waals surface area contributed by atoms with Gasteiger partial charge in [0.15, 0.2) is 5.84 Å². The molecule has 5 heteroatoms. The molecule has 4 rings (SSSR count). The molecule has 0 fully saturated rings. The van der Waals surface area contributed by atoms with Crippen LogP contribution in [0.15, 0.2) is 101 Å². The lowest BCUT2D eigenvalue weighted by Gasteiger charge is -2.21.